The fourth-order valence-electron chi connectivity index (χ4n) is 1.95. The van der Waals surface area contributed by atoms with Gasteiger partial charge in [0, 0.05) is 6.54 Å². The van der Waals surface area contributed by atoms with E-state index in [1.54, 1.807) is 4.90 Å². The van der Waals surface area contributed by atoms with Gasteiger partial charge in [-0.3, -0.25) is 4.79 Å². The molecule has 62 valence electrons. The molecule has 0 unspecified atom stereocenters. The summed E-state index contributed by atoms with van der Waals surface area (Å²) in [4.78, 5) is 12.7. The van der Waals surface area contributed by atoms with E-state index in [1.807, 2.05) is 0 Å². The summed E-state index contributed by atoms with van der Waals surface area (Å²) in [6.07, 6.45) is -0.255. The predicted octanol–water partition coefficient (Wildman–Crippen LogP) is -1.29. The molecule has 11 heavy (non-hydrogen) atoms. The van der Waals surface area contributed by atoms with E-state index in [0.29, 0.717) is 6.54 Å². The zero-order valence-corrected chi connectivity index (χ0v) is 6.10. The summed E-state index contributed by atoms with van der Waals surface area (Å²) >= 11 is 0. The summed E-state index contributed by atoms with van der Waals surface area (Å²) in [5, 5.41) is 18.5. The number of hydrogen-bond donors (Lipinski definition) is 2. The van der Waals surface area contributed by atoms with Gasteiger partial charge in [0.25, 0.3) is 5.91 Å². The van der Waals surface area contributed by atoms with Crippen LogP contribution in [0.3, 0.4) is 0 Å². The minimum atomic E-state index is -1.17. The van der Waals surface area contributed by atoms with Crippen molar-refractivity contribution in [3.05, 3.63) is 0 Å². The molecular formula is C7H11NO3. The Morgan fingerprint density at radius 1 is 1.45 bits per heavy atom. The molecular weight excluding hydrogens is 146 g/mol. The van der Waals surface area contributed by atoms with Gasteiger partial charge in [0.15, 0.2) is 6.10 Å². The van der Waals surface area contributed by atoms with Gasteiger partial charge in [-0.2, -0.15) is 0 Å². The number of hydrogen-bond acceptors (Lipinski definition) is 3. The zero-order valence-electron chi connectivity index (χ0n) is 6.10. The second-order valence-electron chi connectivity index (χ2n) is 3.18. The van der Waals surface area contributed by atoms with Crippen LogP contribution in [0.1, 0.15) is 12.8 Å². The molecule has 0 aromatic rings. The lowest BCUT2D eigenvalue weighted by Crippen LogP contribution is -2.30. The maximum absolute atomic E-state index is 11.1. The van der Waals surface area contributed by atoms with E-state index >= 15 is 0 Å². The third-order valence-electron chi connectivity index (χ3n) is 2.55. The van der Waals surface area contributed by atoms with Gasteiger partial charge < -0.3 is 15.1 Å². The molecule has 0 aliphatic carbocycles. The Kier molecular flexibility index (Phi) is 1.40. The summed E-state index contributed by atoms with van der Waals surface area (Å²) in [5.74, 6) is -0.306. The molecule has 1 amide bonds. The van der Waals surface area contributed by atoms with Crippen LogP contribution in [0.25, 0.3) is 0 Å². The Bertz CT molecular complexity index is 194. The van der Waals surface area contributed by atoms with E-state index in [4.69, 9.17) is 5.11 Å². The fraction of sp³-hybridized carbons (Fsp3) is 0.857. The number of nitrogens with zero attached hydrogens (tertiary/aromatic N) is 1. The number of amides is 1. The van der Waals surface area contributed by atoms with Crippen molar-refractivity contribution in [3.8, 4) is 0 Å². The van der Waals surface area contributed by atoms with Crippen LogP contribution in [0.2, 0.25) is 0 Å². The normalized spacial score (nSPS) is 43.3. The summed E-state index contributed by atoms with van der Waals surface area (Å²) in [5.41, 5.74) is 0. The van der Waals surface area contributed by atoms with Crippen LogP contribution in [0.5, 0.6) is 0 Å². The third kappa shape index (κ3) is 0.795. The van der Waals surface area contributed by atoms with Crippen molar-refractivity contribution in [1.82, 2.24) is 4.90 Å². The van der Waals surface area contributed by atoms with Gasteiger partial charge in [-0.25, -0.2) is 0 Å². The minimum absolute atomic E-state index is 0.113. The van der Waals surface area contributed by atoms with Crippen LogP contribution in [0.4, 0.5) is 0 Å². The first-order valence-electron chi connectivity index (χ1n) is 3.88. The van der Waals surface area contributed by atoms with Crippen LogP contribution in [0.15, 0.2) is 0 Å². The number of carbonyl (C=O) groups is 1. The number of rotatable bonds is 0. The number of aliphatic hydroxyl groups is 2. The minimum Gasteiger partial charge on any atom is -0.388 e. The van der Waals surface area contributed by atoms with Crippen LogP contribution in [-0.2, 0) is 4.79 Å². The van der Waals surface area contributed by atoms with E-state index in [-0.39, 0.29) is 11.9 Å². The topological polar surface area (TPSA) is 60.8 Å². The maximum atomic E-state index is 11.1. The van der Waals surface area contributed by atoms with Gasteiger partial charge in [-0.1, -0.05) is 0 Å². The van der Waals surface area contributed by atoms with Crippen LogP contribution < -0.4 is 0 Å². The highest BCUT2D eigenvalue weighted by Gasteiger charge is 2.48. The number of fused-ring (bicyclic) bond motifs is 1. The Labute approximate surface area is 64.4 Å². The van der Waals surface area contributed by atoms with Crippen molar-refractivity contribution in [2.75, 3.05) is 6.54 Å². The summed E-state index contributed by atoms with van der Waals surface area (Å²) < 4.78 is 0. The quantitative estimate of drug-likeness (QED) is 0.460. The van der Waals surface area contributed by atoms with Crippen LogP contribution in [-0.4, -0.2) is 45.8 Å². The molecule has 2 aliphatic heterocycles. The highest BCUT2D eigenvalue weighted by Crippen LogP contribution is 2.28. The molecule has 2 N–H and O–H groups in total. The molecule has 0 spiro atoms. The third-order valence-corrected chi connectivity index (χ3v) is 2.55. The Balaban J connectivity index is 2.23. The smallest absolute Gasteiger partial charge is 0.254 e. The molecule has 0 aromatic carbocycles. The number of aliphatic hydroxyl groups excluding tert-OH is 2. The molecule has 4 nitrogen and oxygen atoms in total. The maximum Gasteiger partial charge on any atom is 0.254 e. The van der Waals surface area contributed by atoms with E-state index in [0.717, 1.165) is 12.8 Å². The molecule has 3 atom stereocenters. The SMILES string of the molecule is O=C1[C@@H](O)[C@@H](O)[C@@H]2CCCN12. The average molecular weight is 157 g/mol. The molecule has 0 bridgehead atoms. The van der Waals surface area contributed by atoms with Gasteiger partial charge in [0.05, 0.1) is 6.04 Å². The highest BCUT2D eigenvalue weighted by atomic mass is 16.3. The molecule has 2 aliphatic rings. The lowest BCUT2D eigenvalue weighted by atomic mass is 10.1. The molecule has 0 radical (unpaired) electrons. The molecule has 2 saturated heterocycles. The van der Waals surface area contributed by atoms with Crippen LogP contribution >= 0.6 is 0 Å². The van der Waals surface area contributed by atoms with E-state index in [2.05, 4.69) is 0 Å². The lowest BCUT2D eigenvalue weighted by Gasteiger charge is -2.15. The fourth-order valence-corrected chi connectivity index (χ4v) is 1.95. The van der Waals surface area contributed by atoms with E-state index in [9.17, 15) is 9.90 Å². The molecule has 0 saturated carbocycles. The van der Waals surface area contributed by atoms with Crippen molar-refractivity contribution in [3.63, 3.8) is 0 Å². The molecule has 4 heteroatoms. The van der Waals surface area contributed by atoms with Gasteiger partial charge >= 0.3 is 0 Å². The molecule has 2 heterocycles. The van der Waals surface area contributed by atoms with Crippen molar-refractivity contribution in [2.24, 2.45) is 0 Å². The molecule has 0 aromatic heterocycles. The predicted molar refractivity (Wildman–Crippen MR) is 36.7 cm³/mol. The van der Waals surface area contributed by atoms with Crippen molar-refractivity contribution >= 4 is 5.91 Å². The average Bonchev–Trinajstić information content (AvgIpc) is 2.53. The molecule has 2 fully saturated rings. The van der Waals surface area contributed by atoms with Crippen molar-refractivity contribution in [2.45, 2.75) is 31.1 Å². The first-order valence-corrected chi connectivity index (χ1v) is 3.88. The Morgan fingerprint density at radius 3 is 2.82 bits per heavy atom. The summed E-state index contributed by atoms with van der Waals surface area (Å²) in [6, 6.07) is -0.113. The standard InChI is InChI=1S/C7H11NO3/c9-5-4-2-1-3-8(4)7(11)6(5)10/h4-6,9-10H,1-3H2/t4-,5-,6-/m0/s1. The Morgan fingerprint density at radius 2 is 2.18 bits per heavy atom. The van der Waals surface area contributed by atoms with Crippen LogP contribution in [0, 0.1) is 0 Å². The second kappa shape index (κ2) is 2.19. The summed E-state index contributed by atoms with van der Waals surface area (Å²) in [6.45, 7) is 0.692. The van der Waals surface area contributed by atoms with E-state index in [1.165, 1.54) is 0 Å². The monoisotopic (exact) mass is 157 g/mol. The Hall–Kier alpha value is -0.610. The first-order chi connectivity index (χ1) is 5.22. The molecule has 2 rings (SSSR count). The highest BCUT2D eigenvalue weighted by molar-refractivity contribution is 5.84. The second-order valence-corrected chi connectivity index (χ2v) is 3.18. The first kappa shape index (κ1) is 7.06. The van der Waals surface area contributed by atoms with Gasteiger partial charge in [0.2, 0.25) is 0 Å². The largest absolute Gasteiger partial charge is 0.388 e. The van der Waals surface area contributed by atoms with Gasteiger partial charge in [0.1, 0.15) is 6.10 Å². The lowest BCUT2D eigenvalue weighted by molar-refractivity contribution is -0.135. The summed E-state index contributed by atoms with van der Waals surface area (Å²) in [7, 11) is 0. The van der Waals surface area contributed by atoms with Gasteiger partial charge in [-0.15, -0.1) is 0 Å². The van der Waals surface area contributed by atoms with E-state index < -0.39 is 12.2 Å². The van der Waals surface area contributed by atoms with Gasteiger partial charge in [-0.05, 0) is 12.8 Å². The van der Waals surface area contributed by atoms with Crippen molar-refractivity contribution in [1.29, 1.82) is 0 Å². The van der Waals surface area contributed by atoms with Crippen molar-refractivity contribution < 1.29 is 15.0 Å². The zero-order chi connectivity index (χ0) is 8.01. The number of carbonyl (C=O) groups excluding carboxylic acids is 1.